The van der Waals surface area contributed by atoms with Gasteiger partial charge in [0.05, 0.1) is 6.20 Å². The highest BCUT2D eigenvalue weighted by Gasteiger charge is 2.26. The largest absolute Gasteiger partial charge is 0.340 e. The summed E-state index contributed by atoms with van der Waals surface area (Å²) in [4.78, 5) is 13.5. The van der Waals surface area contributed by atoms with Crippen molar-refractivity contribution in [1.29, 1.82) is 0 Å². The number of hydrogen-bond acceptors (Lipinski definition) is 2. The van der Waals surface area contributed by atoms with E-state index in [9.17, 15) is 4.79 Å². The van der Waals surface area contributed by atoms with Crippen LogP contribution in [-0.4, -0.2) is 33.7 Å². The van der Waals surface area contributed by atoms with Crippen LogP contribution in [0.25, 0.3) is 0 Å². The zero-order valence-electron chi connectivity index (χ0n) is 8.60. The Morgan fingerprint density at radius 2 is 2.36 bits per heavy atom. The van der Waals surface area contributed by atoms with Crippen LogP contribution in [0.3, 0.4) is 0 Å². The van der Waals surface area contributed by atoms with Gasteiger partial charge in [0.1, 0.15) is 6.54 Å². The van der Waals surface area contributed by atoms with Crippen LogP contribution in [0.5, 0.6) is 0 Å². The first-order valence-electron chi connectivity index (χ1n) is 4.92. The summed E-state index contributed by atoms with van der Waals surface area (Å²) in [6.45, 7) is 6.31. The van der Waals surface area contributed by atoms with E-state index < -0.39 is 0 Å². The molecule has 1 aromatic heterocycles. The van der Waals surface area contributed by atoms with Crippen LogP contribution in [0, 0.1) is 12.8 Å². The molecule has 0 atom stereocenters. The molecule has 1 aliphatic heterocycles. The number of carbonyl (C=O) groups is 1. The van der Waals surface area contributed by atoms with Gasteiger partial charge in [-0.25, -0.2) is 0 Å². The molecule has 2 rings (SSSR count). The number of nitrogens with zero attached hydrogens (tertiary/aromatic N) is 3. The van der Waals surface area contributed by atoms with Gasteiger partial charge in [0.25, 0.3) is 0 Å². The lowest BCUT2D eigenvalue weighted by atomic mass is 10.0. The van der Waals surface area contributed by atoms with Crippen LogP contribution in [0.1, 0.15) is 12.5 Å². The Balaban J connectivity index is 1.89. The number of amides is 1. The van der Waals surface area contributed by atoms with Crippen LogP contribution in [-0.2, 0) is 11.3 Å². The SMILES string of the molecule is Cc1cnn(CC(=O)N2CC(C)C2)c1. The molecule has 2 heterocycles. The normalized spacial score (nSPS) is 16.9. The number of likely N-dealkylation sites (tertiary alicyclic amines) is 1. The molecule has 1 aromatic rings. The third kappa shape index (κ3) is 1.78. The van der Waals surface area contributed by atoms with E-state index in [4.69, 9.17) is 0 Å². The molecule has 4 heteroatoms. The molecule has 1 saturated heterocycles. The summed E-state index contributed by atoms with van der Waals surface area (Å²) < 4.78 is 1.70. The quantitative estimate of drug-likeness (QED) is 0.692. The predicted molar refractivity (Wildman–Crippen MR) is 52.7 cm³/mol. The second-order valence-electron chi connectivity index (χ2n) is 4.12. The van der Waals surface area contributed by atoms with Crippen molar-refractivity contribution in [3.63, 3.8) is 0 Å². The molecule has 0 N–H and O–H groups in total. The van der Waals surface area contributed by atoms with Gasteiger partial charge in [0, 0.05) is 19.3 Å². The summed E-state index contributed by atoms with van der Waals surface area (Å²) in [5.74, 6) is 0.838. The van der Waals surface area contributed by atoms with Gasteiger partial charge in [0.15, 0.2) is 0 Å². The van der Waals surface area contributed by atoms with Gasteiger partial charge in [-0.05, 0) is 18.4 Å². The average molecular weight is 193 g/mol. The van der Waals surface area contributed by atoms with Crippen molar-refractivity contribution >= 4 is 5.91 Å². The van der Waals surface area contributed by atoms with Crippen molar-refractivity contribution in [3.8, 4) is 0 Å². The zero-order chi connectivity index (χ0) is 10.1. The van der Waals surface area contributed by atoms with E-state index >= 15 is 0 Å². The monoisotopic (exact) mass is 193 g/mol. The van der Waals surface area contributed by atoms with Crippen LogP contribution in [0.15, 0.2) is 12.4 Å². The van der Waals surface area contributed by atoms with Crippen molar-refractivity contribution in [3.05, 3.63) is 18.0 Å². The van der Waals surface area contributed by atoms with Crippen molar-refractivity contribution < 1.29 is 4.79 Å². The van der Waals surface area contributed by atoms with E-state index in [2.05, 4.69) is 12.0 Å². The molecule has 14 heavy (non-hydrogen) atoms. The molecule has 0 saturated carbocycles. The van der Waals surface area contributed by atoms with Gasteiger partial charge in [0.2, 0.25) is 5.91 Å². The van der Waals surface area contributed by atoms with Crippen molar-refractivity contribution in [2.45, 2.75) is 20.4 Å². The molecule has 76 valence electrons. The van der Waals surface area contributed by atoms with Gasteiger partial charge in [-0.1, -0.05) is 6.92 Å². The van der Waals surface area contributed by atoms with Crippen LogP contribution >= 0.6 is 0 Å². The Morgan fingerprint density at radius 1 is 1.64 bits per heavy atom. The summed E-state index contributed by atoms with van der Waals surface area (Å²) in [6.07, 6.45) is 3.66. The summed E-state index contributed by atoms with van der Waals surface area (Å²) in [5.41, 5.74) is 1.09. The number of hydrogen-bond donors (Lipinski definition) is 0. The van der Waals surface area contributed by atoms with E-state index in [1.807, 2.05) is 18.0 Å². The van der Waals surface area contributed by atoms with Gasteiger partial charge in [-0.15, -0.1) is 0 Å². The maximum atomic E-state index is 11.6. The molecular weight excluding hydrogens is 178 g/mol. The Kier molecular flexibility index (Phi) is 2.27. The van der Waals surface area contributed by atoms with Gasteiger partial charge < -0.3 is 4.90 Å². The average Bonchev–Trinajstić information content (AvgIpc) is 2.45. The molecule has 0 unspecified atom stereocenters. The fourth-order valence-corrected chi connectivity index (χ4v) is 1.69. The number of aromatic nitrogens is 2. The van der Waals surface area contributed by atoms with Crippen molar-refractivity contribution in [1.82, 2.24) is 14.7 Å². The Bertz CT molecular complexity index is 339. The van der Waals surface area contributed by atoms with Gasteiger partial charge >= 0.3 is 0 Å². The van der Waals surface area contributed by atoms with Crippen molar-refractivity contribution in [2.24, 2.45) is 5.92 Å². The second kappa shape index (κ2) is 3.44. The highest BCUT2D eigenvalue weighted by Crippen LogP contribution is 2.14. The zero-order valence-corrected chi connectivity index (χ0v) is 8.60. The van der Waals surface area contributed by atoms with E-state index in [0.29, 0.717) is 12.5 Å². The second-order valence-corrected chi connectivity index (χ2v) is 4.12. The maximum Gasteiger partial charge on any atom is 0.244 e. The van der Waals surface area contributed by atoms with Gasteiger partial charge in [-0.2, -0.15) is 5.10 Å². The highest BCUT2D eigenvalue weighted by atomic mass is 16.2. The summed E-state index contributed by atoms with van der Waals surface area (Å²) in [7, 11) is 0. The molecule has 1 amide bonds. The number of aryl methyl sites for hydroxylation is 1. The predicted octanol–water partition coefficient (Wildman–Crippen LogP) is 0.670. The first kappa shape index (κ1) is 9.24. The topological polar surface area (TPSA) is 38.1 Å². The molecule has 0 aromatic carbocycles. The Morgan fingerprint density at radius 3 is 2.86 bits per heavy atom. The molecule has 0 aliphatic carbocycles. The van der Waals surface area contributed by atoms with Crippen LogP contribution in [0.2, 0.25) is 0 Å². The lowest BCUT2D eigenvalue weighted by molar-refractivity contribution is -0.137. The number of rotatable bonds is 2. The maximum absolute atomic E-state index is 11.6. The lowest BCUT2D eigenvalue weighted by Gasteiger charge is -2.37. The smallest absolute Gasteiger partial charge is 0.244 e. The summed E-state index contributed by atoms with van der Waals surface area (Å²) in [6, 6.07) is 0. The lowest BCUT2D eigenvalue weighted by Crippen LogP contribution is -2.49. The van der Waals surface area contributed by atoms with E-state index in [1.54, 1.807) is 10.9 Å². The third-order valence-electron chi connectivity index (χ3n) is 2.48. The fraction of sp³-hybridized carbons (Fsp3) is 0.600. The molecule has 0 radical (unpaired) electrons. The van der Waals surface area contributed by atoms with E-state index in [1.165, 1.54) is 0 Å². The first-order valence-corrected chi connectivity index (χ1v) is 4.92. The Hall–Kier alpha value is -1.32. The van der Waals surface area contributed by atoms with E-state index in [-0.39, 0.29) is 5.91 Å². The molecule has 4 nitrogen and oxygen atoms in total. The van der Waals surface area contributed by atoms with Gasteiger partial charge in [-0.3, -0.25) is 9.48 Å². The molecule has 0 bridgehead atoms. The standard InChI is InChI=1S/C10H15N3O/c1-8-3-11-13(6-8)7-10(14)12-4-9(2)5-12/h3,6,9H,4-5,7H2,1-2H3. The van der Waals surface area contributed by atoms with Crippen LogP contribution in [0.4, 0.5) is 0 Å². The fourth-order valence-electron chi connectivity index (χ4n) is 1.69. The number of carbonyl (C=O) groups excluding carboxylic acids is 1. The van der Waals surface area contributed by atoms with E-state index in [0.717, 1.165) is 18.7 Å². The first-order chi connectivity index (χ1) is 6.65. The molecule has 1 aliphatic rings. The third-order valence-corrected chi connectivity index (χ3v) is 2.48. The van der Waals surface area contributed by atoms with Crippen LogP contribution < -0.4 is 0 Å². The molecule has 1 fully saturated rings. The minimum atomic E-state index is 0.172. The minimum Gasteiger partial charge on any atom is -0.340 e. The van der Waals surface area contributed by atoms with Crippen molar-refractivity contribution in [2.75, 3.05) is 13.1 Å². The molecule has 0 spiro atoms. The Labute approximate surface area is 83.5 Å². The highest BCUT2D eigenvalue weighted by molar-refractivity contribution is 5.76. The summed E-state index contributed by atoms with van der Waals surface area (Å²) in [5, 5.41) is 4.08. The molecular formula is C10H15N3O. The summed E-state index contributed by atoms with van der Waals surface area (Å²) >= 11 is 0. The minimum absolute atomic E-state index is 0.172.